The minimum atomic E-state index is -0.185. The summed E-state index contributed by atoms with van der Waals surface area (Å²) >= 11 is 0. The third-order valence-corrected chi connectivity index (χ3v) is 11.7. The van der Waals surface area contributed by atoms with E-state index in [1.54, 1.807) is 0 Å². The van der Waals surface area contributed by atoms with Gasteiger partial charge in [0.1, 0.15) is 0 Å². The molecule has 54 heavy (non-hydrogen) atoms. The Morgan fingerprint density at radius 1 is 0.204 bits per heavy atom. The van der Waals surface area contributed by atoms with Gasteiger partial charge in [0.25, 0.3) is 0 Å². The molecule has 0 fully saturated rings. The molecule has 8 aromatic rings. The number of benzene rings is 8. The second-order valence-electron chi connectivity index (χ2n) is 15.8. The molecule has 0 saturated carbocycles. The van der Waals surface area contributed by atoms with Crippen molar-refractivity contribution in [3.05, 3.63) is 216 Å². The maximum absolute atomic E-state index is 2.47. The summed E-state index contributed by atoms with van der Waals surface area (Å²) in [5, 5.41) is 0. The van der Waals surface area contributed by atoms with Gasteiger partial charge in [0.05, 0.1) is 0 Å². The van der Waals surface area contributed by atoms with Crippen LogP contribution in [0.3, 0.4) is 0 Å². The van der Waals surface area contributed by atoms with Gasteiger partial charge in [0.2, 0.25) is 0 Å². The first-order chi connectivity index (χ1) is 26.3. The third-order valence-electron chi connectivity index (χ3n) is 11.7. The molecule has 260 valence electrons. The van der Waals surface area contributed by atoms with Crippen LogP contribution >= 0.6 is 0 Å². The average Bonchev–Trinajstić information content (AvgIpc) is 3.24. The van der Waals surface area contributed by atoms with Crippen LogP contribution in [0.5, 0.6) is 0 Å². The normalized spacial score (nSPS) is 13.9. The van der Waals surface area contributed by atoms with Gasteiger partial charge >= 0.3 is 0 Å². The van der Waals surface area contributed by atoms with E-state index in [-0.39, 0.29) is 10.8 Å². The first-order valence-electron chi connectivity index (χ1n) is 19.1. The van der Waals surface area contributed by atoms with Crippen molar-refractivity contribution in [2.24, 2.45) is 0 Å². The Morgan fingerprint density at radius 3 is 0.704 bits per heavy atom. The van der Waals surface area contributed by atoms with Crippen molar-refractivity contribution in [1.29, 1.82) is 0 Å². The van der Waals surface area contributed by atoms with Crippen LogP contribution in [0.4, 0.5) is 0 Å². The van der Waals surface area contributed by atoms with E-state index in [4.69, 9.17) is 0 Å². The first-order valence-corrected chi connectivity index (χ1v) is 19.1. The van der Waals surface area contributed by atoms with Crippen molar-refractivity contribution in [3.8, 4) is 66.8 Å². The van der Waals surface area contributed by atoms with Crippen LogP contribution in [0.1, 0.15) is 49.9 Å². The molecule has 9 rings (SSSR count). The number of rotatable bonds is 6. The van der Waals surface area contributed by atoms with E-state index in [0.29, 0.717) is 0 Å². The zero-order valence-corrected chi connectivity index (χ0v) is 31.5. The number of hydrogen-bond acceptors (Lipinski definition) is 0. The summed E-state index contributed by atoms with van der Waals surface area (Å²) in [4.78, 5) is 0. The third kappa shape index (κ3) is 5.99. The summed E-state index contributed by atoms with van der Waals surface area (Å²) in [6, 6.07) is 71.5. The summed E-state index contributed by atoms with van der Waals surface area (Å²) in [7, 11) is 0. The van der Waals surface area contributed by atoms with Crippen LogP contribution in [0.15, 0.2) is 194 Å². The molecule has 1 aliphatic rings. The molecule has 0 atom stereocenters. The quantitative estimate of drug-likeness (QED) is 0.163. The zero-order chi connectivity index (χ0) is 36.9. The standard InChI is InChI=1S/C54H44/c1-53(2)49-27-25-42(48-33-45(39-21-13-7-14-22-39)30-46(34-48)40-23-15-8-16-24-40)36-52(49)54(3,4)50-28-26-41(35-51(50)53)47-31-43(37-17-9-5-10-18-37)29-44(32-47)38-19-11-6-12-20-38/h5-36H,1-4H3. The van der Waals surface area contributed by atoms with Crippen molar-refractivity contribution in [3.63, 3.8) is 0 Å². The minimum Gasteiger partial charge on any atom is -0.0622 e. The molecule has 0 bridgehead atoms. The van der Waals surface area contributed by atoms with E-state index < -0.39 is 0 Å². The number of hydrogen-bond donors (Lipinski definition) is 0. The molecule has 0 unspecified atom stereocenters. The van der Waals surface area contributed by atoms with Gasteiger partial charge in [-0.25, -0.2) is 0 Å². The Bertz CT molecular complexity index is 2310. The molecule has 0 aliphatic heterocycles. The minimum absolute atomic E-state index is 0.185. The van der Waals surface area contributed by atoms with Crippen LogP contribution in [-0.4, -0.2) is 0 Å². The van der Waals surface area contributed by atoms with Gasteiger partial charge in [0, 0.05) is 10.8 Å². The van der Waals surface area contributed by atoms with E-state index in [1.165, 1.54) is 89.0 Å². The van der Waals surface area contributed by atoms with E-state index in [0.717, 1.165) is 0 Å². The molecular formula is C54H44. The van der Waals surface area contributed by atoms with E-state index in [9.17, 15) is 0 Å². The highest BCUT2D eigenvalue weighted by molar-refractivity contribution is 5.84. The fraction of sp³-hybridized carbons (Fsp3) is 0.111. The molecule has 0 heterocycles. The Labute approximate surface area is 320 Å². The van der Waals surface area contributed by atoms with Crippen molar-refractivity contribution in [1.82, 2.24) is 0 Å². The lowest BCUT2D eigenvalue weighted by Crippen LogP contribution is -2.36. The van der Waals surface area contributed by atoms with Crippen LogP contribution in [0.25, 0.3) is 66.8 Å². The van der Waals surface area contributed by atoms with Gasteiger partial charge in [-0.1, -0.05) is 173 Å². The summed E-state index contributed by atoms with van der Waals surface area (Å²) in [5.74, 6) is 0. The van der Waals surface area contributed by atoms with Crippen LogP contribution in [0.2, 0.25) is 0 Å². The Hall–Kier alpha value is -6.24. The van der Waals surface area contributed by atoms with Gasteiger partial charge < -0.3 is 0 Å². The maximum atomic E-state index is 2.47. The highest BCUT2D eigenvalue weighted by atomic mass is 14.4. The Balaban J connectivity index is 1.16. The topological polar surface area (TPSA) is 0 Å². The fourth-order valence-electron chi connectivity index (χ4n) is 8.64. The first kappa shape index (κ1) is 33.6. The second kappa shape index (κ2) is 13.3. The second-order valence-corrected chi connectivity index (χ2v) is 15.8. The monoisotopic (exact) mass is 692 g/mol. The highest BCUT2D eigenvalue weighted by Crippen LogP contribution is 2.51. The van der Waals surface area contributed by atoms with Crippen molar-refractivity contribution < 1.29 is 0 Å². The van der Waals surface area contributed by atoms with E-state index in [2.05, 4.69) is 222 Å². The Morgan fingerprint density at radius 2 is 0.444 bits per heavy atom. The largest absolute Gasteiger partial charge is 0.0622 e. The van der Waals surface area contributed by atoms with Gasteiger partial charge in [0.15, 0.2) is 0 Å². The lowest BCUT2D eigenvalue weighted by molar-refractivity contribution is 0.521. The van der Waals surface area contributed by atoms with E-state index in [1.807, 2.05) is 0 Å². The lowest BCUT2D eigenvalue weighted by atomic mass is 9.59. The molecule has 0 spiro atoms. The molecule has 1 aliphatic carbocycles. The summed E-state index contributed by atoms with van der Waals surface area (Å²) in [5.41, 5.74) is 20.0. The van der Waals surface area contributed by atoms with Crippen LogP contribution in [-0.2, 0) is 10.8 Å². The predicted octanol–water partition coefficient (Wildman–Crippen LogP) is 14.7. The van der Waals surface area contributed by atoms with Gasteiger partial charge in [-0.2, -0.15) is 0 Å². The van der Waals surface area contributed by atoms with Gasteiger partial charge in [-0.05, 0) is 138 Å². The molecule has 0 radical (unpaired) electrons. The molecule has 0 saturated heterocycles. The maximum Gasteiger partial charge on any atom is 0.0152 e. The fourth-order valence-corrected chi connectivity index (χ4v) is 8.64. The zero-order valence-electron chi connectivity index (χ0n) is 31.5. The lowest BCUT2D eigenvalue weighted by Gasteiger charge is -2.44. The molecule has 0 nitrogen and oxygen atoms in total. The molecule has 0 N–H and O–H groups in total. The van der Waals surface area contributed by atoms with Crippen molar-refractivity contribution >= 4 is 0 Å². The predicted molar refractivity (Wildman–Crippen MR) is 230 cm³/mol. The molecule has 0 aromatic heterocycles. The van der Waals surface area contributed by atoms with E-state index >= 15 is 0 Å². The highest BCUT2D eigenvalue weighted by Gasteiger charge is 2.41. The molecular weight excluding hydrogens is 649 g/mol. The smallest absolute Gasteiger partial charge is 0.0152 e. The summed E-state index contributed by atoms with van der Waals surface area (Å²) < 4.78 is 0. The summed E-state index contributed by atoms with van der Waals surface area (Å²) in [6.07, 6.45) is 0. The SMILES string of the molecule is CC1(C)c2ccc(-c3cc(-c4ccccc4)cc(-c4ccccc4)c3)cc2C(C)(C)c2ccc(-c3cc(-c4ccccc4)cc(-c4ccccc4)c3)cc21. The molecule has 0 amide bonds. The summed E-state index contributed by atoms with van der Waals surface area (Å²) in [6.45, 7) is 9.62. The van der Waals surface area contributed by atoms with Crippen LogP contribution in [0, 0.1) is 0 Å². The van der Waals surface area contributed by atoms with Crippen molar-refractivity contribution in [2.75, 3.05) is 0 Å². The average molecular weight is 693 g/mol. The van der Waals surface area contributed by atoms with Crippen molar-refractivity contribution in [2.45, 2.75) is 38.5 Å². The van der Waals surface area contributed by atoms with Gasteiger partial charge in [-0.15, -0.1) is 0 Å². The molecule has 0 heteroatoms. The number of fused-ring (bicyclic) bond motifs is 2. The van der Waals surface area contributed by atoms with Crippen LogP contribution < -0.4 is 0 Å². The van der Waals surface area contributed by atoms with Gasteiger partial charge in [-0.3, -0.25) is 0 Å². The Kier molecular flexibility index (Phi) is 8.28. The molecule has 8 aromatic carbocycles.